The van der Waals surface area contributed by atoms with Crippen molar-refractivity contribution in [2.75, 3.05) is 11.9 Å². The Morgan fingerprint density at radius 2 is 1.82 bits per heavy atom. The molecule has 2 aromatic rings. The number of ether oxygens (including phenoxy) is 1. The van der Waals surface area contributed by atoms with Crippen molar-refractivity contribution in [1.82, 2.24) is 5.32 Å². The largest absolute Gasteiger partial charge is 0.452 e. The maximum Gasteiger partial charge on any atom is 0.338 e. The van der Waals surface area contributed by atoms with Gasteiger partial charge in [0, 0.05) is 25.6 Å². The molecule has 0 bridgehead atoms. The fourth-order valence-corrected chi connectivity index (χ4v) is 2.33. The van der Waals surface area contributed by atoms with Gasteiger partial charge in [0.25, 0.3) is 11.6 Å². The predicted molar refractivity (Wildman–Crippen MR) is 101 cm³/mol. The number of halogens is 1. The number of nitrogens with one attached hydrogen (secondary N) is 2. The smallest absolute Gasteiger partial charge is 0.338 e. The Balaban J connectivity index is 1.87. The van der Waals surface area contributed by atoms with E-state index in [0.717, 1.165) is 11.6 Å². The van der Waals surface area contributed by atoms with E-state index < -0.39 is 23.4 Å². The molecular formula is C18H16ClN3O6. The van der Waals surface area contributed by atoms with E-state index in [0.29, 0.717) is 6.54 Å². The van der Waals surface area contributed by atoms with E-state index in [1.807, 2.05) is 0 Å². The summed E-state index contributed by atoms with van der Waals surface area (Å²) in [5.41, 5.74) is 0.997. The average molecular weight is 406 g/mol. The van der Waals surface area contributed by atoms with Gasteiger partial charge in [0.1, 0.15) is 0 Å². The monoisotopic (exact) mass is 405 g/mol. The first kappa shape index (κ1) is 20.8. The summed E-state index contributed by atoms with van der Waals surface area (Å²) in [6.45, 7) is 1.18. The Hall–Kier alpha value is -3.46. The number of rotatable bonds is 7. The molecular weight excluding hydrogens is 390 g/mol. The Bertz CT molecular complexity index is 914. The van der Waals surface area contributed by atoms with Crippen molar-refractivity contribution < 1.29 is 24.0 Å². The van der Waals surface area contributed by atoms with E-state index in [4.69, 9.17) is 16.3 Å². The molecule has 28 heavy (non-hydrogen) atoms. The second-order valence-corrected chi connectivity index (χ2v) is 6.06. The van der Waals surface area contributed by atoms with Crippen molar-refractivity contribution in [3.05, 3.63) is 68.7 Å². The van der Waals surface area contributed by atoms with E-state index in [1.54, 1.807) is 12.1 Å². The number of nitro groups is 1. The number of anilines is 1. The van der Waals surface area contributed by atoms with Crippen LogP contribution in [0.1, 0.15) is 22.8 Å². The molecule has 0 atom stereocenters. The van der Waals surface area contributed by atoms with Crippen molar-refractivity contribution >= 4 is 40.8 Å². The number of carbonyl (C=O) groups excluding carboxylic acids is 3. The topological polar surface area (TPSA) is 128 Å². The average Bonchev–Trinajstić information content (AvgIpc) is 2.66. The zero-order valence-corrected chi connectivity index (χ0v) is 15.5. The number of nitro benzene ring substituents is 1. The summed E-state index contributed by atoms with van der Waals surface area (Å²) >= 11 is 5.88. The highest BCUT2D eigenvalue weighted by Gasteiger charge is 2.14. The first-order valence-electron chi connectivity index (χ1n) is 8.00. The highest BCUT2D eigenvalue weighted by molar-refractivity contribution is 6.34. The van der Waals surface area contributed by atoms with E-state index >= 15 is 0 Å². The maximum atomic E-state index is 12.0. The number of amides is 2. The molecule has 2 aromatic carbocycles. The minimum atomic E-state index is -0.698. The van der Waals surface area contributed by atoms with Crippen molar-refractivity contribution in [1.29, 1.82) is 0 Å². The lowest BCUT2D eigenvalue weighted by atomic mass is 10.1. The minimum absolute atomic E-state index is 0.0105. The molecule has 0 aliphatic rings. The Morgan fingerprint density at radius 1 is 1.14 bits per heavy atom. The number of hydrogen-bond acceptors (Lipinski definition) is 6. The summed E-state index contributed by atoms with van der Waals surface area (Å²) in [6, 6.07) is 9.93. The normalized spacial score (nSPS) is 10.1. The van der Waals surface area contributed by atoms with Gasteiger partial charge in [-0.25, -0.2) is 4.79 Å². The van der Waals surface area contributed by atoms with Gasteiger partial charge in [-0.2, -0.15) is 0 Å². The molecule has 0 spiro atoms. The van der Waals surface area contributed by atoms with Crippen LogP contribution in [0, 0.1) is 10.1 Å². The molecule has 0 saturated heterocycles. The van der Waals surface area contributed by atoms with Gasteiger partial charge >= 0.3 is 5.97 Å². The molecule has 10 heteroatoms. The molecule has 0 unspecified atom stereocenters. The molecule has 0 aliphatic heterocycles. The SMILES string of the molecule is CC(=O)NCc1ccc(C(=O)OCC(=O)Nc2ccc([N+](=O)[O-])cc2Cl)cc1. The van der Waals surface area contributed by atoms with Crippen LogP contribution in [0.3, 0.4) is 0 Å². The van der Waals surface area contributed by atoms with Crippen LogP contribution in [0.4, 0.5) is 11.4 Å². The van der Waals surface area contributed by atoms with Gasteiger partial charge < -0.3 is 15.4 Å². The molecule has 2 N–H and O–H groups in total. The third kappa shape index (κ3) is 6.06. The summed E-state index contributed by atoms with van der Waals surface area (Å²) in [4.78, 5) is 44.8. The molecule has 0 aliphatic carbocycles. The van der Waals surface area contributed by atoms with Gasteiger partial charge in [-0.05, 0) is 23.8 Å². The van der Waals surface area contributed by atoms with Crippen LogP contribution in [0.15, 0.2) is 42.5 Å². The van der Waals surface area contributed by atoms with Gasteiger partial charge in [-0.1, -0.05) is 23.7 Å². The van der Waals surface area contributed by atoms with E-state index in [2.05, 4.69) is 10.6 Å². The molecule has 146 valence electrons. The fraction of sp³-hybridized carbons (Fsp3) is 0.167. The van der Waals surface area contributed by atoms with Crippen LogP contribution in [-0.2, 0) is 20.9 Å². The molecule has 0 fully saturated rings. The first-order valence-corrected chi connectivity index (χ1v) is 8.38. The second kappa shape index (κ2) is 9.47. The lowest BCUT2D eigenvalue weighted by molar-refractivity contribution is -0.384. The van der Waals surface area contributed by atoms with Gasteiger partial charge in [0.2, 0.25) is 5.91 Å². The van der Waals surface area contributed by atoms with Crippen LogP contribution in [-0.4, -0.2) is 29.3 Å². The van der Waals surface area contributed by atoms with Crippen LogP contribution in [0.2, 0.25) is 5.02 Å². The van der Waals surface area contributed by atoms with Crippen molar-refractivity contribution in [3.8, 4) is 0 Å². The van der Waals surface area contributed by atoms with E-state index in [1.165, 1.54) is 31.2 Å². The third-order valence-electron chi connectivity index (χ3n) is 3.50. The predicted octanol–water partition coefficient (Wildman–Crippen LogP) is 2.68. The van der Waals surface area contributed by atoms with E-state index in [-0.39, 0.29) is 27.9 Å². The van der Waals surface area contributed by atoms with Gasteiger partial charge in [0.15, 0.2) is 6.61 Å². The zero-order chi connectivity index (χ0) is 20.7. The second-order valence-electron chi connectivity index (χ2n) is 5.65. The summed E-state index contributed by atoms with van der Waals surface area (Å²) in [6.07, 6.45) is 0. The summed E-state index contributed by atoms with van der Waals surface area (Å²) in [5, 5.41) is 15.7. The quantitative estimate of drug-likeness (QED) is 0.414. The van der Waals surface area contributed by atoms with Gasteiger partial charge in [-0.3, -0.25) is 19.7 Å². The molecule has 9 nitrogen and oxygen atoms in total. The highest BCUT2D eigenvalue weighted by atomic mass is 35.5. The Kier molecular flexibility index (Phi) is 7.05. The van der Waals surface area contributed by atoms with Crippen molar-refractivity contribution in [2.45, 2.75) is 13.5 Å². The fourth-order valence-electron chi connectivity index (χ4n) is 2.10. The standard InChI is InChI=1S/C18H16ClN3O6/c1-11(23)20-9-12-2-4-13(5-3-12)18(25)28-10-17(24)21-16-7-6-14(22(26)27)8-15(16)19/h2-8H,9-10H2,1H3,(H,20,23)(H,21,24). The summed E-state index contributed by atoms with van der Waals surface area (Å²) in [5.74, 6) is -1.51. The van der Waals surface area contributed by atoms with Crippen LogP contribution >= 0.6 is 11.6 Å². The van der Waals surface area contributed by atoms with Crippen LogP contribution in [0.5, 0.6) is 0 Å². The van der Waals surface area contributed by atoms with Gasteiger partial charge in [-0.15, -0.1) is 0 Å². The molecule has 0 aromatic heterocycles. The van der Waals surface area contributed by atoms with E-state index in [9.17, 15) is 24.5 Å². The van der Waals surface area contributed by atoms with Crippen LogP contribution < -0.4 is 10.6 Å². The maximum absolute atomic E-state index is 12.0. The summed E-state index contributed by atoms with van der Waals surface area (Å²) in [7, 11) is 0. The number of nitrogens with zero attached hydrogens (tertiary/aromatic N) is 1. The molecule has 2 amide bonds. The highest BCUT2D eigenvalue weighted by Crippen LogP contribution is 2.26. The molecule has 2 rings (SSSR count). The number of carbonyl (C=O) groups is 3. The molecule has 0 radical (unpaired) electrons. The lowest BCUT2D eigenvalue weighted by Crippen LogP contribution is -2.21. The first-order chi connectivity index (χ1) is 13.3. The van der Waals surface area contributed by atoms with Crippen LogP contribution in [0.25, 0.3) is 0 Å². The summed E-state index contributed by atoms with van der Waals surface area (Å²) < 4.78 is 4.93. The third-order valence-corrected chi connectivity index (χ3v) is 3.82. The lowest BCUT2D eigenvalue weighted by Gasteiger charge is -2.08. The zero-order valence-electron chi connectivity index (χ0n) is 14.7. The number of benzene rings is 2. The number of hydrogen-bond donors (Lipinski definition) is 2. The van der Waals surface area contributed by atoms with Gasteiger partial charge in [0.05, 0.1) is 21.2 Å². The number of non-ortho nitro benzene ring substituents is 1. The van der Waals surface area contributed by atoms with Crippen molar-refractivity contribution in [3.63, 3.8) is 0 Å². The molecule has 0 heterocycles. The van der Waals surface area contributed by atoms with Crippen molar-refractivity contribution in [2.24, 2.45) is 0 Å². The minimum Gasteiger partial charge on any atom is -0.452 e. The number of esters is 1. The Morgan fingerprint density at radius 3 is 2.39 bits per heavy atom. The Labute approximate surface area is 164 Å². The molecule has 0 saturated carbocycles.